The van der Waals surface area contributed by atoms with Gasteiger partial charge in [-0.25, -0.2) is 0 Å². The Kier molecular flexibility index (Phi) is 23.8. The minimum absolute atomic E-state index is 0.00102. The number of carboxylic acids is 1. The number of ketones is 2. The number of carbonyl (C=O) groups is 11. The molecule has 0 aromatic rings. The van der Waals surface area contributed by atoms with E-state index < -0.39 is 125 Å². The molecule has 5 aliphatic rings. The van der Waals surface area contributed by atoms with E-state index in [0.29, 0.717) is 19.3 Å². The lowest BCUT2D eigenvalue weighted by atomic mass is 9.45. The second kappa shape index (κ2) is 29.5. The molecule has 1 aliphatic heterocycles. The first-order valence-corrected chi connectivity index (χ1v) is 27.0. The Bertz CT molecular complexity index is 2370. The van der Waals surface area contributed by atoms with E-state index in [9.17, 15) is 63.0 Å². The highest BCUT2D eigenvalue weighted by Gasteiger charge is 2.76. The number of hydrogen-bond acceptors (Lipinski definition) is 18. The molecule has 4 aliphatic carbocycles. The highest BCUT2D eigenvalue weighted by Crippen LogP contribution is 2.72. The Hall–Kier alpha value is -5.96. The number of halogens is 1. The number of carbonyl (C=O) groups excluding carboxylic acids is 10. The Balaban J connectivity index is 0.944. The van der Waals surface area contributed by atoms with Crippen LogP contribution in [-0.4, -0.2) is 195 Å². The third-order valence-corrected chi connectivity index (χ3v) is 16.5. The molecular weight excluding hydrogens is 1060 g/mol. The number of hydrogen-bond donors (Lipinski definition) is 7. The van der Waals surface area contributed by atoms with Crippen LogP contribution in [0.5, 0.6) is 0 Å². The molecular formula is C53H75ClN6O19. The molecule has 438 valence electrons. The number of aliphatic hydroxyl groups excluding tert-OH is 1. The molecule has 0 spiro atoms. The number of rotatable bonds is 34. The van der Waals surface area contributed by atoms with E-state index in [1.165, 1.54) is 6.08 Å². The van der Waals surface area contributed by atoms with Crippen molar-refractivity contribution < 1.29 is 91.4 Å². The highest BCUT2D eigenvalue weighted by atomic mass is 35.5. The highest BCUT2D eigenvalue weighted by molar-refractivity contribution is 6.26. The van der Waals surface area contributed by atoms with Crippen LogP contribution in [0, 0.1) is 28.6 Å². The molecule has 0 aromatic heterocycles. The molecule has 3 saturated carbocycles. The van der Waals surface area contributed by atoms with Crippen LogP contribution in [0.2, 0.25) is 0 Å². The Morgan fingerprint density at radius 1 is 0.759 bits per heavy atom. The van der Waals surface area contributed by atoms with Crippen LogP contribution in [0.1, 0.15) is 85.5 Å². The van der Waals surface area contributed by atoms with Crippen molar-refractivity contribution in [1.82, 2.24) is 31.5 Å². The SMILES string of the molecule is CCC(=O)O[C@]1(C(=O)COCNC(=O)CNC(=O)[C@H](CCC(=O)O)NC(=O)CNC(=O)CCOCCOCCOCCOCCNC(=O)CCN2C(=O)C=CC2=O)[C@@H](C)CC2[C@@H]3CCC4=CC(=O)C=C[C@]4(C)[C@@]3(Cl)[C@@H](O)C[C@@]21C. The molecule has 7 amide bonds. The van der Waals surface area contributed by atoms with Crippen LogP contribution >= 0.6 is 11.6 Å². The average Bonchev–Trinajstić information content (AvgIpc) is 4.02. The summed E-state index contributed by atoms with van der Waals surface area (Å²) in [7, 11) is 0. The predicted molar refractivity (Wildman–Crippen MR) is 277 cm³/mol. The van der Waals surface area contributed by atoms with Crippen LogP contribution in [0.15, 0.2) is 36.0 Å². The molecule has 9 atom stereocenters. The number of alkyl halides is 1. The maximum absolute atomic E-state index is 14.5. The lowest BCUT2D eigenvalue weighted by molar-refractivity contribution is -0.203. The fraction of sp³-hybridized carbons (Fsp3) is 0.679. The number of esters is 1. The fourth-order valence-electron chi connectivity index (χ4n) is 11.6. The first-order valence-electron chi connectivity index (χ1n) is 26.6. The van der Waals surface area contributed by atoms with Gasteiger partial charge in [0.1, 0.15) is 19.4 Å². The number of aliphatic hydroxyl groups is 1. The molecule has 5 rings (SSSR count). The number of amides is 7. The molecule has 1 unspecified atom stereocenters. The Morgan fingerprint density at radius 3 is 2.03 bits per heavy atom. The number of nitrogens with zero attached hydrogens (tertiary/aromatic N) is 1. The standard InChI is InChI=1S/C53H75ClN6O19/c1-5-48(72)79-53(33(2)26-37-36-7-6-34-27-35(61)12-15-50(34,3)52(36,54)39(62)28-51(37,53)4)40(63)31-78-32-58-43(66)29-57-49(73)38(8-11-47(70)71)59-44(67)30-56-42(65)14-18-74-20-22-76-24-25-77-23-21-75-19-16-55-41(64)13-17-60-45(68)9-10-46(60)69/h9-10,12,15,27,33,36-39,62H,5-8,11,13-14,16-26,28-32H2,1-4H3,(H,55,64)(H,56,65)(H,57,73)(H,58,66)(H,59,67)(H,70,71)/t33-,36-,37?,38-,39-,50-,51-,52-,53-/m0/s1. The number of Topliss-reactive ketones (excluding diaryl/α,β-unsaturated/α-hetero) is 1. The van der Waals surface area contributed by atoms with E-state index in [0.717, 1.165) is 22.6 Å². The fourth-order valence-corrected chi connectivity index (χ4v) is 12.1. The zero-order valence-corrected chi connectivity index (χ0v) is 46.0. The van der Waals surface area contributed by atoms with Crippen molar-refractivity contribution >= 4 is 76.5 Å². The predicted octanol–water partition coefficient (Wildman–Crippen LogP) is -0.306. The zero-order valence-electron chi connectivity index (χ0n) is 45.2. The van der Waals surface area contributed by atoms with Crippen LogP contribution < -0.4 is 26.6 Å². The van der Waals surface area contributed by atoms with Gasteiger partial charge in [-0.15, -0.1) is 11.6 Å². The molecule has 26 heteroatoms. The third-order valence-electron chi connectivity index (χ3n) is 15.6. The number of aliphatic carboxylic acids is 1. The lowest BCUT2D eigenvalue weighted by Gasteiger charge is -2.64. The summed E-state index contributed by atoms with van der Waals surface area (Å²) in [5, 5.41) is 33.5. The summed E-state index contributed by atoms with van der Waals surface area (Å²) in [6, 6.07) is -1.39. The van der Waals surface area contributed by atoms with Crippen LogP contribution in [0.3, 0.4) is 0 Å². The van der Waals surface area contributed by atoms with Crippen molar-refractivity contribution in [3.05, 3.63) is 36.0 Å². The summed E-state index contributed by atoms with van der Waals surface area (Å²) < 4.78 is 33.4. The van der Waals surface area contributed by atoms with Crippen molar-refractivity contribution in [1.29, 1.82) is 0 Å². The number of ether oxygens (including phenoxy) is 6. The topological polar surface area (TPSA) is 347 Å². The number of allylic oxidation sites excluding steroid dienone is 4. The summed E-state index contributed by atoms with van der Waals surface area (Å²) in [6.45, 7) is 6.91. The van der Waals surface area contributed by atoms with E-state index in [4.69, 9.17) is 40.0 Å². The van der Waals surface area contributed by atoms with Crippen molar-refractivity contribution in [2.24, 2.45) is 28.6 Å². The maximum atomic E-state index is 14.5. The number of imide groups is 1. The second-order valence-electron chi connectivity index (χ2n) is 20.5. The summed E-state index contributed by atoms with van der Waals surface area (Å²) in [4.78, 5) is 137. The maximum Gasteiger partial charge on any atom is 0.306 e. The van der Waals surface area contributed by atoms with E-state index in [1.54, 1.807) is 19.1 Å². The smallest absolute Gasteiger partial charge is 0.306 e. The second-order valence-corrected chi connectivity index (χ2v) is 21.1. The van der Waals surface area contributed by atoms with Gasteiger partial charge in [0.05, 0.1) is 76.9 Å². The molecule has 1 heterocycles. The van der Waals surface area contributed by atoms with Crippen molar-refractivity contribution in [2.45, 2.75) is 108 Å². The van der Waals surface area contributed by atoms with Gasteiger partial charge in [0, 0.05) is 67.7 Å². The van der Waals surface area contributed by atoms with Gasteiger partial charge in [-0.05, 0) is 56.1 Å². The number of fused-ring (bicyclic) bond motifs is 5. The van der Waals surface area contributed by atoms with Gasteiger partial charge in [0.25, 0.3) is 11.8 Å². The minimum Gasteiger partial charge on any atom is -0.481 e. The Morgan fingerprint density at radius 2 is 1.38 bits per heavy atom. The van der Waals surface area contributed by atoms with E-state index >= 15 is 0 Å². The summed E-state index contributed by atoms with van der Waals surface area (Å²) in [6.07, 6.45) is 6.52. The molecule has 0 aromatic carbocycles. The van der Waals surface area contributed by atoms with E-state index in [2.05, 4.69) is 26.6 Å². The first kappa shape index (κ1) is 63.9. The van der Waals surface area contributed by atoms with Gasteiger partial charge < -0.3 is 65.2 Å². The first-order chi connectivity index (χ1) is 37.5. The average molecular weight is 1140 g/mol. The summed E-state index contributed by atoms with van der Waals surface area (Å²) in [5.74, 6) is -7.91. The summed E-state index contributed by atoms with van der Waals surface area (Å²) in [5.41, 5.74) is -2.81. The minimum atomic E-state index is -1.73. The molecule has 79 heavy (non-hydrogen) atoms. The molecule has 25 nitrogen and oxygen atoms in total. The monoisotopic (exact) mass is 1130 g/mol. The van der Waals surface area contributed by atoms with Crippen LogP contribution in [0.4, 0.5) is 0 Å². The van der Waals surface area contributed by atoms with Gasteiger partial charge in [0.15, 0.2) is 11.4 Å². The quantitative estimate of drug-likeness (QED) is 0.0143. The zero-order chi connectivity index (χ0) is 58.0. The van der Waals surface area contributed by atoms with Crippen LogP contribution in [0.25, 0.3) is 0 Å². The van der Waals surface area contributed by atoms with Crippen LogP contribution in [-0.2, 0) is 81.2 Å². The molecule has 3 fully saturated rings. The van der Waals surface area contributed by atoms with Gasteiger partial charge in [-0.2, -0.15) is 0 Å². The largest absolute Gasteiger partial charge is 0.481 e. The van der Waals surface area contributed by atoms with Gasteiger partial charge in [-0.1, -0.05) is 39.3 Å². The van der Waals surface area contributed by atoms with Gasteiger partial charge >= 0.3 is 11.9 Å². The van der Waals surface area contributed by atoms with E-state index in [-0.39, 0.29) is 122 Å². The third kappa shape index (κ3) is 15.9. The van der Waals surface area contributed by atoms with Crippen molar-refractivity contribution in [2.75, 3.05) is 92.4 Å². The molecule has 0 radical (unpaired) electrons. The number of nitrogens with one attached hydrogen (secondary N) is 5. The number of carboxylic acid groups (broad SMARTS) is 1. The van der Waals surface area contributed by atoms with Crippen molar-refractivity contribution in [3.8, 4) is 0 Å². The van der Waals surface area contributed by atoms with Crippen molar-refractivity contribution in [3.63, 3.8) is 0 Å². The molecule has 7 N–H and O–H groups in total. The van der Waals surface area contributed by atoms with Gasteiger partial charge in [0.2, 0.25) is 35.3 Å². The molecule has 0 bridgehead atoms. The lowest BCUT2D eigenvalue weighted by Crippen LogP contribution is -2.69. The normalized spacial score (nSPS) is 27.0. The molecule has 0 saturated heterocycles. The summed E-state index contributed by atoms with van der Waals surface area (Å²) >= 11 is 7.59. The van der Waals surface area contributed by atoms with Gasteiger partial charge in [-0.3, -0.25) is 57.6 Å². The Labute approximate surface area is 462 Å². The van der Waals surface area contributed by atoms with E-state index in [1.807, 2.05) is 20.8 Å².